The van der Waals surface area contributed by atoms with Crippen molar-refractivity contribution in [2.24, 2.45) is 15.7 Å². The lowest BCUT2D eigenvalue weighted by molar-refractivity contribution is 0.881. The molecule has 0 aromatic carbocycles. The fraction of sp³-hybridized carbons (Fsp3) is 0. The van der Waals surface area contributed by atoms with Gasteiger partial charge in [-0.15, -0.1) is 15.3 Å². The predicted octanol–water partition coefficient (Wildman–Crippen LogP) is -3.19. The molecule has 0 bridgehead atoms. The Bertz CT molecular complexity index is 838. The van der Waals surface area contributed by atoms with E-state index in [-0.39, 0.29) is 35.6 Å². The Hall–Kier alpha value is -4.51. The summed E-state index contributed by atoms with van der Waals surface area (Å²) in [5, 5.41) is 47.1. The number of nitrogens with zero attached hydrogens (tertiary/aromatic N) is 11. The molecule has 0 aliphatic rings. The Labute approximate surface area is 136 Å². The standard InChI is InChI=1S/C7H10N18/c1-2(10-5-14-20-21-15-5)9-4(13-7-18-24-25-19-7)11-3(8)12-6-16-22-23-17-6/h1H2,(H2,10,14,15,20,21)(H6,8,9,11,12,13,16,17,18,19,22,23,24,25). The van der Waals surface area contributed by atoms with Crippen LogP contribution in [0.1, 0.15) is 0 Å². The normalized spacial score (nSPS) is 12.0. The highest BCUT2D eigenvalue weighted by Gasteiger charge is 2.07. The summed E-state index contributed by atoms with van der Waals surface area (Å²) in [7, 11) is 0. The summed E-state index contributed by atoms with van der Waals surface area (Å²) in [6.45, 7) is 3.72. The maximum atomic E-state index is 5.75. The number of nitrogens with two attached hydrogens (primary N) is 1. The second-order valence-corrected chi connectivity index (χ2v) is 3.97. The molecule has 0 amide bonds. The van der Waals surface area contributed by atoms with Gasteiger partial charge in [-0.2, -0.15) is 25.6 Å². The second kappa shape index (κ2) is 7.17. The first kappa shape index (κ1) is 15.4. The van der Waals surface area contributed by atoms with Crippen LogP contribution in [0.2, 0.25) is 0 Å². The van der Waals surface area contributed by atoms with Crippen molar-refractivity contribution >= 4 is 29.8 Å². The molecule has 18 heteroatoms. The topological polar surface area (TPSA) is 250 Å². The first-order valence-electron chi connectivity index (χ1n) is 6.32. The van der Waals surface area contributed by atoms with Gasteiger partial charge in [0.15, 0.2) is 0 Å². The summed E-state index contributed by atoms with van der Waals surface area (Å²) in [5.74, 6) is 0.396. The molecule has 0 aliphatic heterocycles. The van der Waals surface area contributed by atoms with Crippen LogP contribution < -0.4 is 21.7 Å². The van der Waals surface area contributed by atoms with Crippen molar-refractivity contribution in [3.8, 4) is 0 Å². The maximum Gasteiger partial charge on any atom is 0.292 e. The summed E-state index contributed by atoms with van der Waals surface area (Å²) < 4.78 is 0. The Morgan fingerprint density at radius 1 is 0.920 bits per heavy atom. The highest BCUT2D eigenvalue weighted by molar-refractivity contribution is 6.01. The Kier molecular flexibility index (Phi) is 4.41. The van der Waals surface area contributed by atoms with Gasteiger partial charge in [-0.1, -0.05) is 21.9 Å². The number of hydrogen-bond donors (Lipinski definition) is 7. The number of tetrazole rings is 3. The first-order valence-corrected chi connectivity index (χ1v) is 6.32. The van der Waals surface area contributed by atoms with E-state index in [2.05, 4.69) is 94.4 Å². The molecular formula is C7H10N18. The number of nitrogens with one attached hydrogen (secondary N) is 6. The van der Waals surface area contributed by atoms with E-state index in [1.54, 1.807) is 0 Å². The van der Waals surface area contributed by atoms with Gasteiger partial charge in [-0.3, -0.25) is 5.32 Å². The number of hydrogen-bond acceptors (Lipinski definition) is 11. The summed E-state index contributed by atoms with van der Waals surface area (Å²) in [5.41, 5.74) is 5.75. The van der Waals surface area contributed by atoms with Crippen LogP contribution in [0.5, 0.6) is 0 Å². The molecule has 18 nitrogen and oxygen atoms in total. The second-order valence-electron chi connectivity index (χ2n) is 3.97. The zero-order chi connectivity index (χ0) is 17.5. The molecule has 128 valence electrons. The van der Waals surface area contributed by atoms with E-state index in [4.69, 9.17) is 5.73 Å². The van der Waals surface area contributed by atoms with Crippen LogP contribution in [0.4, 0.5) is 17.8 Å². The molecule has 0 unspecified atom stereocenters. The van der Waals surface area contributed by atoms with Crippen molar-refractivity contribution in [3.05, 3.63) is 12.4 Å². The minimum Gasteiger partial charge on any atom is -0.369 e. The van der Waals surface area contributed by atoms with Gasteiger partial charge in [-0.05, 0) is 15.6 Å². The average molecular weight is 346 g/mol. The molecule has 8 N–H and O–H groups in total. The molecule has 0 aliphatic carbocycles. The van der Waals surface area contributed by atoms with Crippen molar-refractivity contribution in [3.63, 3.8) is 0 Å². The highest BCUT2D eigenvalue weighted by Crippen LogP contribution is 2.01. The van der Waals surface area contributed by atoms with Crippen LogP contribution in [-0.4, -0.2) is 73.8 Å². The summed E-state index contributed by atoms with van der Waals surface area (Å²) in [4.78, 5) is 8.02. The van der Waals surface area contributed by atoms with Crippen LogP contribution >= 0.6 is 0 Å². The Balaban J connectivity index is 1.74. The number of guanidine groups is 2. The van der Waals surface area contributed by atoms with Gasteiger partial charge >= 0.3 is 0 Å². The van der Waals surface area contributed by atoms with Gasteiger partial charge < -0.3 is 16.4 Å². The van der Waals surface area contributed by atoms with Crippen molar-refractivity contribution in [1.29, 1.82) is 0 Å². The number of aromatic amines is 3. The molecule has 0 fully saturated rings. The zero-order valence-corrected chi connectivity index (χ0v) is 12.2. The lowest BCUT2D eigenvalue weighted by Gasteiger charge is -2.09. The number of rotatable bonds is 5. The largest absolute Gasteiger partial charge is 0.369 e. The molecule has 3 rings (SSSR count). The molecule has 25 heavy (non-hydrogen) atoms. The number of H-pyrrole nitrogens is 3. The molecule has 0 saturated heterocycles. The van der Waals surface area contributed by atoms with Crippen molar-refractivity contribution in [1.82, 2.24) is 67.2 Å². The van der Waals surface area contributed by atoms with Crippen LogP contribution in [0.15, 0.2) is 22.4 Å². The molecule has 0 radical (unpaired) electrons. The van der Waals surface area contributed by atoms with E-state index in [9.17, 15) is 0 Å². The quantitative estimate of drug-likeness (QED) is 0.178. The number of aromatic nitrogens is 12. The summed E-state index contributed by atoms with van der Waals surface area (Å²) >= 11 is 0. The number of aliphatic imine (C=N–C) groups is 2. The average Bonchev–Trinajstić information content (AvgIpc) is 3.29. The van der Waals surface area contributed by atoms with E-state index < -0.39 is 0 Å². The van der Waals surface area contributed by atoms with Crippen molar-refractivity contribution in [2.45, 2.75) is 0 Å². The Morgan fingerprint density at radius 2 is 1.56 bits per heavy atom. The third-order valence-electron chi connectivity index (χ3n) is 2.22. The fourth-order valence-electron chi connectivity index (χ4n) is 1.37. The molecule has 3 aromatic heterocycles. The van der Waals surface area contributed by atoms with E-state index >= 15 is 0 Å². The van der Waals surface area contributed by atoms with E-state index in [1.165, 1.54) is 0 Å². The highest BCUT2D eigenvalue weighted by atomic mass is 15.5. The van der Waals surface area contributed by atoms with E-state index in [1.807, 2.05) is 0 Å². The van der Waals surface area contributed by atoms with Crippen molar-refractivity contribution in [2.75, 3.05) is 10.6 Å². The van der Waals surface area contributed by atoms with Crippen molar-refractivity contribution < 1.29 is 0 Å². The molecule has 3 aromatic rings. The summed E-state index contributed by atoms with van der Waals surface area (Å²) in [6, 6.07) is 0. The fourth-order valence-corrected chi connectivity index (χ4v) is 1.37. The molecule has 0 saturated carbocycles. The third kappa shape index (κ3) is 4.48. The monoisotopic (exact) mass is 346 g/mol. The third-order valence-corrected chi connectivity index (χ3v) is 2.22. The van der Waals surface area contributed by atoms with Crippen LogP contribution in [-0.2, 0) is 0 Å². The summed E-state index contributed by atoms with van der Waals surface area (Å²) in [6.07, 6.45) is 0. The Morgan fingerprint density at radius 3 is 2.16 bits per heavy atom. The van der Waals surface area contributed by atoms with Gasteiger partial charge in [0.05, 0.1) is 0 Å². The zero-order valence-electron chi connectivity index (χ0n) is 12.2. The van der Waals surface area contributed by atoms with Crippen LogP contribution in [0.3, 0.4) is 0 Å². The van der Waals surface area contributed by atoms with Gasteiger partial charge in [-0.25, -0.2) is 0 Å². The minimum atomic E-state index is -0.0940. The van der Waals surface area contributed by atoms with E-state index in [0.717, 1.165) is 0 Å². The van der Waals surface area contributed by atoms with Gasteiger partial charge in [0.25, 0.3) is 17.8 Å². The molecular weight excluding hydrogens is 336 g/mol. The first-order chi connectivity index (χ1) is 12.2. The van der Waals surface area contributed by atoms with Gasteiger partial charge in [0.2, 0.25) is 11.9 Å². The smallest absolute Gasteiger partial charge is 0.292 e. The molecule has 0 atom stereocenters. The van der Waals surface area contributed by atoms with Crippen LogP contribution in [0, 0.1) is 0 Å². The molecule has 3 heterocycles. The van der Waals surface area contributed by atoms with Crippen LogP contribution in [0.25, 0.3) is 0 Å². The maximum absolute atomic E-state index is 5.75. The SMILES string of the molecule is C=C(NC(N=C(N)Nc1nn[nH]n1)=Nc1nn[nH]n1)Nc1nn[nH]n1. The lowest BCUT2D eigenvalue weighted by Crippen LogP contribution is -2.31. The lowest BCUT2D eigenvalue weighted by atomic mass is 10.7. The van der Waals surface area contributed by atoms with E-state index in [0.29, 0.717) is 0 Å². The minimum absolute atomic E-state index is 0.00553. The van der Waals surface area contributed by atoms with Gasteiger partial charge in [0.1, 0.15) is 5.82 Å². The molecule has 0 spiro atoms. The van der Waals surface area contributed by atoms with Gasteiger partial charge in [0, 0.05) is 0 Å². The number of anilines is 2. The predicted molar refractivity (Wildman–Crippen MR) is 80.8 cm³/mol.